The van der Waals surface area contributed by atoms with Crippen molar-refractivity contribution >= 4 is 35.7 Å². The third kappa shape index (κ3) is 13.8. The number of carbonyl (C=O) groups excluding carboxylic acids is 6. The van der Waals surface area contributed by atoms with Crippen molar-refractivity contribution in [1.29, 1.82) is 0 Å². The Morgan fingerprint density at radius 1 is 0.449 bits per heavy atom. The first-order valence-electron chi connectivity index (χ1n) is 36.3. The summed E-state index contributed by atoms with van der Waals surface area (Å²) in [5, 5.41) is 181. The van der Waals surface area contributed by atoms with E-state index in [9.17, 15) is 91.3 Å². The van der Waals surface area contributed by atoms with E-state index in [-0.39, 0.29) is 61.2 Å². The van der Waals surface area contributed by atoms with E-state index in [0.717, 1.165) is 12.2 Å². The molecule has 0 aromatic heterocycles. The number of aliphatic hydroxyl groups is 16. The van der Waals surface area contributed by atoms with Gasteiger partial charge in [0.2, 0.25) is 0 Å². The van der Waals surface area contributed by atoms with Gasteiger partial charge in [0.05, 0.1) is 50.8 Å². The van der Waals surface area contributed by atoms with E-state index in [1.165, 1.54) is 88.5 Å². The van der Waals surface area contributed by atoms with Crippen LogP contribution in [0.25, 0.3) is 0 Å². The fourth-order valence-electron chi connectivity index (χ4n) is 18.2. The molecule has 16 N–H and O–H groups in total. The third-order valence-corrected chi connectivity index (χ3v) is 25.0. The highest BCUT2D eigenvalue weighted by Gasteiger charge is 2.69. The van der Waals surface area contributed by atoms with E-state index in [2.05, 4.69) is 0 Å². The van der Waals surface area contributed by atoms with Crippen molar-refractivity contribution in [3.05, 3.63) is 119 Å². The minimum atomic E-state index is -2.10. The molecule has 8 bridgehead atoms. The van der Waals surface area contributed by atoms with Crippen molar-refractivity contribution in [2.24, 2.45) is 69.5 Å². The average Bonchev–Trinajstić information content (AvgIpc) is 1.59. The number of hydrogen-bond donors (Lipinski definition) is 16. The molecule has 34 atom stereocenters. The number of rotatable bonds is 10. The molecule has 0 saturated carbocycles. The second-order valence-electron chi connectivity index (χ2n) is 31.9. The highest BCUT2D eigenvalue weighted by Crippen LogP contribution is 2.59. The van der Waals surface area contributed by atoms with Gasteiger partial charge < -0.3 is 120 Å². The number of aliphatic hydroxyl groups excluding tert-OH is 16. The molecule has 0 radical (unpaired) electrons. The lowest BCUT2D eigenvalue weighted by Crippen LogP contribution is -2.59. The van der Waals surface area contributed by atoms with Crippen molar-refractivity contribution in [2.75, 3.05) is 26.4 Å². The van der Waals surface area contributed by atoms with Crippen LogP contribution in [0.4, 0.5) is 0 Å². The molecule has 107 heavy (non-hydrogen) atoms. The zero-order valence-electron chi connectivity index (χ0n) is 60.9. The summed E-state index contributed by atoms with van der Waals surface area (Å²) >= 11 is 0. The molecule has 6 saturated heterocycles. The second-order valence-corrected chi connectivity index (χ2v) is 31.9. The topological polar surface area (TPSA) is 500 Å². The van der Waals surface area contributed by atoms with Crippen LogP contribution in [0.15, 0.2) is 119 Å². The molecule has 6 aliphatic heterocycles. The zero-order chi connectivity index (χ0) is 78.5. The van der Waals surface area contributed by atoms with Gasteiger partial charge in [0, 0.05) is 22.2 Å². The fourth-order valence-corrected chi connectivity index (χ4v) is 18.2. The number of aldehydes is 2. The Balaban J connectivity index is 1.01. The van der Waals surface area contributed by atoms with Gasteiger partial charge in [-0.05, 0) is 117 Å². The molecular weight excluding hydrogens is 1400 g/mol. The fraction of sp³-hybridized carbons (Fsp3) is 0.662. The van der Waals surface area contributed by atoms with Crippen molar-refractivity contribution in [2.45, 2.75) is 221 Å². The summed E-state index contributed by atoms with van der Waals surface area (Å²) in [6.45, 7) is 11.8. The predicted octanol–water partition coefficient (Wildman–Crippen LogP) is -1.82. The van der Waals surface area contributed by atoms with Crippen LogP contribution in [0.3, 0.4) is 0 Å². The van der Waals surface area contributed by atoms with E-state index in [0.29, 0.717) is 23.7 Å². The zero-order valence-corrected chi connectivity index (χ0v) is 60.9. The minimum Gasteiger partial charge on any atom is -0.394 e. The number of Topliss-reactive ketones (excluding diaryl/α,β-unsaturated/α-hetero) is 4. The number of allylic oxidation sites excluding steroid dienone is 6. The van der Waals surface area contributed by atoms with Crippen LogP contribution in [0.2, 0.25) is 0 Å². The maximum Gasteiger partial charge on any atom is 0.187 e. The van der Waals surface area contributed by atoms with Gasteiger partial charge in [0.15, 0.2) is 60.9 Å². The number of ether oxygens (including phenoxy) is 8. The first-order valence-corrected chi connectivity index (χ1v) is 36.3. The number of ketones is 4. The van der Waals surface area contributed by atoms with Crippen LogP contribution in [0, 0.1) is 69.5 Å². The van der Waals surface area contributed by atoms with Crippen LogP contribution in [0.1, 0.15) is 88.0 Å². The van der Waals surface area contributed by atoms with Gasteiger partial charge in [-0.2, -0.15) is 0 Å². The molecule has 6 fully saturated rings. The molecule has 4 spiro atoms. The number of carbonyl (C=O) groups is 6. The van der Waals surface area contributed by atoms with Crippen molar-refractivity contribution < 1.29 is 148 Å². The van der Waals surface area contributed by atoms with Crippen LogP contribution < -0.4 is 0 Å². The van der Waals surface area contributed by atoms with Crippen LogP contribution in [-0.2, 0) is 66.7 Å². The van der Waals surface area contributed by atoms with Gasteiger partial charge in [-0.3, -0.25) is 28.8 Å². The summed E-state index contributed by atoms with van der Waals surface area (Å²) < 4.78 is 48.6. The van der Waals surface area contributed by atoms with E-state index < -0.39 is 239 Å². The highest BCUT2D eigenvalue weighted by molar-refractivity contribution is 5.97. The molecule has 6 heterocycles. The smallest absolute Gasteiger partial charge is 0.187 e. The Morgan fingerprint density at radius 2 is 0.832 bits per heavy atom. The lowest BCUT2D eigenvalue weighted by molar-refractivity contribution is -0.299. The van der Waals surface area contributed by atoms with Gasteiger partial charge in [-0.25, -0.2) is 0 Å². The molecular formula is C77H102O30. The monoisotopic (exact) mass is 1510 g/mol. The Bertz CT molecular complexity index is 3750. The predicted molar refractivity (Wildman–Crippen MR) is 368 cm³/mol. The quantitative estimate of drug-likeness (QED) is 0.0846. The second kappa shape index (κ2) is 30.9. The molecule has 24 unspecified atom stereocenters. The van der Waals surface area contributed by atoms with Gasteiger partial charge in [-0.15, -0.1) is 0 Å². The molecule has 30 heteroatoms. The molecule has 0 aromatic carbocycles. The van der Waals surface area contributed by atoms with Crippen molar-refractivity contribution in [3.63, 3.8) is 0 Å². The average molecular weight is 1510 g/mol. The maximum atomic E-state index is 15.6. The Hall–Kier alpha value is -5.54. The minimum absolute atomic E-state index is 0.0376. The lowest BCUT2D eigenvalue weighted by atomic mass is 9.59. The summed E-state index contributed by atoms with van der Waals surface area (Å²) in [4.78, 5) is 87.5. The molecule has 11 rings (SSSR count). The summed E-state index contributed by atoms with van der Waals surface area (Å²) in [5.74, 6) is -14.4. The van der Waals surface area contributed by atoms with Gasteiger partial charge in [-0.1, -0.05) is 113 Å². The van der Waals surface area contributed by atoms with E-state index >= 15 is 19.2 Å². The van der Waals surface area contributed by atoms with Crippen molar-refractivity contribution in [1.82, 2.24) is 0 Å². The Kier molecular flexibility index (Phi) is 23.8. The molecule has 30 nitrogen and oxygen atoms in total. The molecule has 11 aliphatic rings. The largest absolute Gasteiger partial charge is 0.394 e. The van der Waals surface area contributed by atoms with Gasteiger partial charge in [0.25, 0.3) is 0 Å². The molecule has 5 aliphatic carbocycles. The van der Waals surface area contributed by atoms with E-state index in [4.69, 9.17) is 37.9 Å². The van der Waals surface area contributed by atoms with Crippen molar-refractivity contribution in [3.8, 4) is 0 Å². The van der Waals surface area contributed by atoms with Gasteiger partial charge >= 0.3 is 0 Å². The summed E-state index contributed by atoms with van der Waals surface area (Å²) in [5.41, 5.74) is -12.3. The SMILES string of the molecule is C/C1=C\C=C\C2(C)C=C(CO[C@H]3O[C@H](CO)[C@H](O)[C@H](O)[C@H]3O)C(C)CC23OC(O)C(C3=O)C(O)/C=C/C2(C)C=C(C=O)C(C)CC23OC(O)C(C3=O)C(O)/C(C)=C/C=C/C2C=C(CO[C@H]3O[C@H](CO)[C@H](O)[C@H](O)[C@H]3O)C(C)CC23OC(O)C(C3=O)C(O)/C=C/C2(C)C=C(C=O)C(C)CC23OC(O)C(C3=O)C1O. The van der Waals surface area contributed by atoms with Crippen LogP contribution in [-0.4, -0.2) is 277 Å². The standard InChI is InChI=1S/C77H102O30/c1-34-12-10-14-44-20-40(32-100-69-59(90)57(88)55(86)47(30-80)102-69)36(3)21-74(44)61(92)49(65(96)104-74)45(82)15-18-72(8)25-41(28-78)38(5)23-77(72)64(95)52(68(99)107-77)54(85)35(2)13-11-17-71(7)27-43(33-101-70-60(91)58(89)56(87)48(31-81)103-70)39(6)24-75(71)62(93)50(66(97)105-75)46(83)16-19-73(9)26-42(29-79)37(4)22-76(73)63(94)51(53(34)84)67(98)106-76/h10-20,25-29,36-39,44-60,65-70,80-91,96-99H,21-24,30-33H2,1-9H3/b14-10+,17-11+,18-15+,19-16+,34-12+,35-13+/t36?,37?,38?,39?,44?,45?,46?,47-,48-,49?,50?,51?,52?,53?,54?,55+,56+,57+,58+,59-,60-,65?,66?,67?,68?,69+,70+,71?,72?,73?,74?,75?,76?,77?/m1/s1. The maximum absolute atomic E-state index is 15.6. The lowest BCUT2D eigenvalue weighted by Gasteiger charge is -2.47. The molecule has 590 valence electrons. The van der Waals surface area contributed by atoms with Gasteiger partial charge in [0.1, 0.15) is 107 Å². The van der Waals surface area contributed by atoms with E-state index in [1.807, 2.05) is 0 Å². The Morgan fingerprint density at radius 3 is 1.28 bits per heavy atom. The normalized spacial score (nSPS) is 51.3. The van der Waals surface area contributed by atoms with E-state index in [1.54, 1.807) is 46.8 Å². The highest BCUT2D eigenvalue weighted by atomic mass is 16.7. The van der Waals surface area contributed by atoms with Crippen LogP contribution in [0.5, 0.6) is 0 Å². The summed E-state index contributed by atoms with van der Waals surface area (Å²) in [7, 11) is 0. The Labute approximate surface area is 617 Å². The molecule has 0 amide bonds. The summed E-state index contributed by atoms with van der Waals surface area (Å²) in [6, 6.07) is 0. The third-order valence-electron chi connectivity index (χ3n) is 25.0. The first kappa shape index (κ1) is 82.4. The molecule has 0 aromatic rings. The number of fused-ring (bicyclic) bond motifs is 4. The number of hydrogen-bond acceptors (Lipinski definition) is 30. The van der Waals surface area contributed by atoms with Crippen LogP contribution >= 0.6 is 0 Å². The summed E-state index contributed by atoms with van der Waals surface area (Å²) in [6.07, 6.45) is -12.7. The first-order chi connectivity index (χ1) is 50.2.